The van der Waals surface area contributed by atoms with E-state index >= 15 is 0 Å². The summed E-state index contributed by atoms with van der Waals surface area (Å²) in [4.78, 5) is 16.8. The normalized spacial score (nSPS) is 25.9. The first-order chi connectivity index (χ1) is 10.2. The zero-order valence-electron chi connectivity index (χ0n) is 11.6. The Balaban J connectivity index is 1.53. The summed E-state index contributed by atoms with van der Waals surface area (Å²) in [5, 5.41) is 0. The lowest BCUT2D eigenvalue weighted by Crippen LogP contribution is -2.07. The van der Waals surface area contributed by atoms with Crippen molar-refractivity contribution in [3.8, 4) is 0 Å². The van der Waals surface area contributed by atoms with Gasteiger partial charge < -0.3 is 0 Å². The van der Waals surface area contributed by atoms with Gasteiger partial charge in [-0.2, -0.15) is 0 Å². The van der Waals surface area contributed by atoms with Gasteiger partial charge in [-0.15, -0.1) is 0 Å². The summed E-state index contributed by atoms with van der Waals surface area (Å²) in [5.74, 6) is 1.66. The number of halogens is 1. The highest BCUT2D eigenvalue weighted by atomic mass is 79.9. The molecule has 1 saturated carbocycles. The third kappa shape index (κ3) is 2.34. The van der Waals surface area contributed by atoms with E-state index in [1.54, 1.807) is 12.4 Å². The second kappa shape index (κ2) is 5.06. The van der Waals surface area contributed by atoms with E-state index in [2.05, 4.69) is 45.2 Å². The number of pyridine rings is 1. The van der Waals surface area contributed by atoms with Crippen LogP contribution >= 0.6 is 15.9 Å². The molecule has 1 fully saturated rings. The minimum atomic E-state index is 0.229. The van der Waals surface area contributed by atoms with E-state index in [9.17, 15) is 4.79 Å². The number of Topliss-reactive ketones (excluding diaryl/α,β-unsaturated/α-hetero) is 1. The van der Waals surface area contributed by atoms with E-state index < -0.39 is 0 Å². The van der Waals surface area contributed by atoms with E-state index in [4.69, 9.17) is 0 Å². The van der Waals surface area contributed by atoms with Crippen LogP contribution in [0.1, 0.15) is 29.0 Å². The number of ketones is 1. The Bertz CT molecular complexity index is 712. The molecule has 3 atom stereocenters. The van der Waals surface area contributed by atoms with Gasteiger partial charge in [0.15, 0.2) is 0 Å². The van der Waals surface area contributed by atoms with Crippen LogP contribution in [0, 0.1) is 11.8 Å². The number of rotatable bonds is 3. The van der Waals surface area contributed by atoms with Crippen molar-refractivity contribution < 1.29 is 4.79 Å². The fraction of sp³-hybridized carbons (Fsp3) is 0.333. The molecule has 1 aromatic heterocycles. The molecule has 2 aromatic rings. The van der Waals surface area contributed by atoms with Gasteiger partial charge in [0.2, 0.25) is 0 Å². The molecule has 0 bridgehead atoms. The summed E-state index contributed by atoms with van der Waals surface area (Å²) < 4.78 is 0.936. The summed E-state index contributed by atoms with van der Waals surface area (Å²) in [6.45, 7) is 0. The van der Waals surface area contributed by atoms with Crippen molar-refractivity contribution in [3.05, 3.63) is 63.9 Å². The molecule has 0 spiro atoms. The average molecular weight is 342 g/mol. The first-order valence-corrected chi connectivity index (χ1v) is 8.23. The molecular formula is C18H16BrNO. The van der Waals surface area contributed by atoms with Gasteiger partial charge in [-0.3, -0.25) is 9.78 Å². The first-order valence-electron chi connectivity index (χ1n) is 7.44. The molecule has 0 N–H and O–H groups in total. The van der Waals surface area contributed by atoms with Crippen LogP contribution in [-0.2, 0) is 17.6 Å². The molecule has 3 heteroatoms. The van der Waals surface area contributed by atoms with E-state index in [1.807, 2.05) is 6.07 Å². The summed E-state index contributed by atoms with van der Waals surface area (Å²) in [5.41, 5.74) is 3.86. The third-order valence-corrected chi connectivity index (χ3v) is 5.28. The van der Waals surface area contributed by atoms with Crippen molar-refractivity contribution in [1.82, 2.24) is 4.98 Å². The van der Waals surface area contributed by atoms with Crippen molar-refractivity contribution in [2.45, 2.75) is 25.2 Å². The second-order valence-electron chi connectivity index (χ2n) is 6.11. The van der Waals surface area contributed by atoms with Crippen LogP contribution in [0.3, 0.4) is 0 Å². The van der Waals surface area contributed by atoms with Crippen molar-refractivity contribution in [1.29, 1.82) is 0 Å². The van der Waals surface area contributed by atoms with Gasteiger partial charge in [0.25, 0.3) is 0 Å². The predicted octanol–water partition coefficient (Wildman–Crippen LogP) is 3.93. The number of hydrogen-bond donors (Lipinski definition) is 0. The van der Waals surface area contributed by atoms with E-state index in [0.717, 1.165) is 22.9 Å². The lowest BCUT2D eigenvalue weighted by Gasteiger charge is -2.13. The minimum absolute atomic E-state index is 0.229. The molecule has 2 aliphatic rings. The topological polar surface area (TPSA) is 30.0 Å². The molecule has 0 saturated heterocycles. The van der Waals surface area contributed by atoms with Crippen LogP contribution in [0.4, 0.5) is 0 Å². The summed E-state index contributed by atoms with van der Waals surface area (Å²) in [6.07, 6.45) is 6.34. The number of carbonyl (C=O) groups excluding carboxylic acids is 1. The zero-order chi connectivity index (χ0) is 14.4. The number of fused-ring (bicyclic) bond motifs is 3. The van der Waals surface area contributed by atoms with Crippen LogP contribution < -0.4 is 0 Å². The molecule has 2 aliphatic carbocycles. The predicted molar refractivity (Wildman–Crippen MR) is 85.1 cm³/mol. The molecule has 0 amide bonds. The zero-order valence-corrected chi connectivity index (χ0v) is 13.2. The smallest absolute Gasteiger partial charge is 0.141 e. The molecule has 1 heterocycles. The van der Waals surface area contributed by atoms with Crippen LogP contribution in [-0.4, -0.2) is 10.8 Å². The molecular weight excluding hydrogens is 326 g/mol. The summed E-state index contributed by atoms with van der Waals surface area (Å²) in [6, 6.07) is 10.6. The fourth-order valence-electron chi connectivity index (χ4n) is 3.88. The highest BCUT2D eigenvalue weighted by Crippen LogP contribution is 2.60. The molecule has 0 radical (unpaired) electrons. The summed E-state index contributed by atoms with van der Waals surface area (Å²) >= 11 is 3.41. The highest BCUT2D eigenvalue weighted by Gasteiger charge is 2.56. The molecule has 4 rings (SSSR count). The Labute approximate surface area is 132 Å². The maximum absolute atomic E-state index is 12.6. The summed E-state index contributed by atoms with van der Waals surface area (Å²) in [7, 11) is 0. The quantitative estimate of drug-likeness (QED) is 0.846. The number of carbonyl (C=O) groups is 1. The van der Waals surface area contributed by atoms with Crippen molar-refractivity contribution in [3.63, 3.8) is 0 Å². The standard InChI is InChI=1S/C18H16BrNO/c19-13-7-11(9-20-10-13)8-16(21)18-15-6-5-12-3-1-2-4-14(12)17(15)18/h1-4,7,9-10,15,17-18H,5-6,8H2. The minimum Gasteiger partial charge on any atom is -0.299 e. The Morgan fingerprint density at radius 1 is 1.29 bits per heavy atom. The van der Waals surface area contributed by atoms with Crippen LogP contribution in [0.5, 0.6) is 0 Å². The monoisotopic (exact) mass is 341 g/mol. The van der Waals surface area contributed by atoms with Gasteiger partial charge in [-0.1, -0.05) is 24.3 Å². The Morgan fingerprint density at radius 2 is 2.14 bits per heavy atom. The SMILES string of the molecule is O=C(Cc1cncc(Br)c1)C1C2CCc3ccccc3C21. The van der Waals surface area contributed by atoms with Gasteiger partial charge in [0.1, 0.15) is 5.78 Å². The Morgan fingerprint density at radius 3 is 3.00 bits per heavy atom. The molecule has 0 aliphatic heterocycles. The van der Waals surface area contributed by atoms with Crippen LogP contribution in [0.25, 0.3) is 0 Å². The van der Waals surface area contributed by atoms with E-state index in [1.165, 1.54) is 11.1 Å². The van der Waals surface area contributed by atoms with Gasteiger partial charge in [-0.25, -0.2) is 0 Å². The second-order valence-corrected chi connectivity index (χ2v) is 7.02. The van der Waals surface area contributed by atoms with Gasteiger partial charge in [0.05, 0.1) is 0 Å². The highest BCUT2D eigenvalue weighted by molar-refractivity contribution is 9.10. The molecule has 1 aromatic carbocycles. The Kier molecular flexibility index (Phi) is 3.18. The largest absolute Gasteiger partial charge is 0.299 e. The number of aromatic nitrogens is 1. The number of nitrogens with zero attached hydrogens (tertiary/aromatic N) is 1. The van der Waals surface area contributed by atoms with Crippen molar-refractivity contribution in [2.75, 3.05) is 0 Å². The molecule has 106 valence electrons. The maximum atomic E-state index is 12.6. The number of aryl methyl sites for hydroxylation is 1. The van der Waals surface area contributed by atoms with Gasteiger partial charge in [0, 0.05) is 29.2 Å². The van der Waals surface area contributed by atoms with E-state index in [-0.39, 0.29) is 5.92 Å². The fourth-order valence-corrected chi connectivity index (χ4v) is 4.29. The lowest BCUT2D eigenvalue weighted by molar-refractivity contribution is -0.120. The van der Waals surface area contributed by atoms with Crippen molar-refractivity contribution in [2.24, 2.45) is 11.8 Å². The van der Waals surface area contributed by atoms with Crippen LogP contribution in [0.2, 0.25) is 0 Å². The van der Waals surface area contributed by atoms with Crippen molar-refractivity contribution >= 4 is 21.7 Å². The van der Waals surface area contributed by atoms with Gasteiger partial charge in [-0.05, 0) is 63.4 Å². The van der Waals surface area contributed by atoms with E-state index in [0.29, 0.717) is 24.0 Å². The maximum Gasteiger partial charge on any atom is 0.141 e. The van der Waals surface area contributed by atoms with Gasteiger partial charge >= 0.3 is 0 Å². The number of hydrogen-bond acceptors (Lipinski definition) is 2. The van der Waals surface area contributed by atoms with Crippen LogP contribution in [0.15, 0.2) is 47.2 Å². The molecule has 2 nitrogen and oxygen atoms in total. The lowest BCUT2D eigenvalue weighted by atomic mass is 9.92. The molecule has 21 heavy (non-hydrogen) atoms. The molecule has 3 unspecified atom stereocenters. The average Bonchev–Trinajstić information content (AvgIpc) is 3.22. The third-order valence-electron chi connectivity index (χ3n) is 4.84. The number of benzene rings is 1. The first kappa shape index (κ1) is 13.2. The Hall–Kier alpha value is -1.48.